The maximum absolute atomic E-state index is 6.10. The van der Waals surface area contributed by atoms with Crippen molar-refractivity contribution in [3.8, 4) is 11.5 Å². The van der Waals surface area contributed by atoms with Gasteiger partial charge in [0.2, 0.25) is 0 Å². The summed E-state index contributed by atoms with van der Waals surface area (Å²) in [7, 11) is 0. The molecule has 1 heterocycles. The Bertz CT molecular complexity index is 777. The topological polar surface area (TPSA) is 34.1 Å². The Morgan fingerprint density at radius 1 is 0.957 bits per heavy atom. The molecule has 5 heteroatoms. The van der Waals surface area contributed by atoms with Crippen molar-refractivity contribution in [2.45, 2.75) is 6.54 Å². The average Bonchev–Trinajstić information content (AvgIpc) is 2.58. The van der Waals surface area contributed by atoms with E-state index in [4.69, 9.17) is 27.9 Å². The number of halogens is 2. The van der Waals surface area contributed by atoms with Gasteiger partial charge in [-0.25, -0.2) is 4.98 Å². The molecule has 0 unspecified atom stereocenters. The first-order chi connectivity index (χ1) is 11.2. The fourth-order valence-electron chi connectivity index (χ4n) is 2.02. The predicted octanol–water partition coefficient (Wildman–Crippen LogP) is 5.79. The smallest absolute Gasteiger partial charge is 0.146 e. The Hall–Kier alpha value is -2.23. The highest BCUT2D eigenvalue weighted by molar-refractivity contribution is 6.35. The van der Waals surface area contributed by atoms with E-state index in [-0.39, 0.29) is 0 Å². The van der Waals surface area contributed by atoms with Crippen LogP contribution in [0, 0.1) is 0 Å². The van der Waals surface area contributed by atoms with Crippen LogP contribution in [0.15, 0.2) is 66.9 Å². The Labute approximate surface area is 144 Å². The minimum Gasteiger partial charge on any atom is -0.456 e. The Morgan fingerprint density at radius 3 is 2.48 bits per heavy atom. The van der Waals surface area contributed by atoms with Gasteiger partial charge in [0.25, 0.3) is 0 Å². The van der Waals surface area contributed by atoms with E-state index in [0.29, 0.717) is 22.3 Å². The van der Waals surface area contributed by atoms with E-state index in [1.54, 1.807) is 24.4 Å². The average molecular weight is 345 g/mol. The fourth-order valence-corrected chi connectivity index (χ4v) is 2.47. The second-order valence-corrected chi connectivity index (χ2v) is 5.73. The lowest BCUT2D eigenvalue weighted by Crippen LogP contribution is -2.00. The number of aromatic nitrogens is 1. The SMILES string of the molecule is Clc1ccc(Oc2ccc(CNc3ccccn3)cc2)c(Cl)c1. The molecule has 1 N–H and O–H groups in total. The number of nitrogens with one attached hydrogen (secondary N) is 1. The van der Waals surface area contributed by atoms with Crippen LogP contribution in [0.1, 0.15) is 5.56 Å². The van der Waals surface area contributed by atoms with Crippen molar-refractivity contribution in [3.05, 3.63) is 82.5 Å². The van der Waals surface area contributed by atoms with Crippen molar-refractivity contribution in [2.24, 2.45) is 0 Å². The molecule has 3 aromatic rings. The first kappa shape index (κ1) is 15.7. The molecule has 0 aliphatic heterocycles. The molecule has 0 amide bonds. The number of pyridine rings is 1. The van der Waals surface area contributed by atoms with E-state index in [0.717, 1.165) is 17.1 Å². The van der Waals surface area contributed by atoms with E-state index < -0.39 is 0 Å². The molecule has 0 aliphatic carbocycles. The van der Waals surface area contributed by atoms with Crippen LogP contribution in [0.4, 0.5) is 5.82 Å². The number of benzene rings is 2. The van der Waals surface area contributed by atoms with Gasteiger partial charge in [-0.2, -0.15) is 0 Å². The zero-order valence-electron chi connectivity index (χ0n) is 12.2. The molecular formula is C18H14Cl2N2O. The monoisotopic (exact) mass is 344 g/mol. The normalized spacial score (nSPS) is 10.3. The van der Waals surface area contributed by atoms with Gasteiger partial charge in [-0.05, 0) is 48.0 Å². The van der Waals surface area contributed by atoms with Crippen molar-refractivity contribution in [1.82, 2.24) is 4.98 Å². The lowest BCUT2D eigenvalue weighted by atomic mass is 10.2. The molecule has 0 saturated carbocycles. The van der Waals surface area contributed by atoms with Gasteiger partial charge in [-0.3, -0.25) is 0 Å². The van der Waals surface area contributed by atoms with Crippen LogP contribution in [-0.4, -0.2) is 4.98 Å². The third-order valence-electron chi connectivity index (χ3n) is 3.18. The minimum atomic E-state index is 0.485. The molecule has 3 rings (SSSR count). The highest BCUT2D eigenvalue weighted by Gasteiger charge is 2.04. The summed E-state index contributed by atoms with van der Waals surface area (Å²) in [6.07, 6.45) is 1.76. The molecule has 0 aliphatic rings. The highest BCUT2D eigenvalue weighted by atomic mass is 35.5. The third-order valence-corrected chi connectivity index (χ3v) is 3.71. The van der Waals surface area contributed by atoms with Crippen LogP contribution < -0.4 is 10.1 Å². The van der Waals surface area contributed by atoms with E-state index in [1.807, 2.05) is 42.5 Å². The largest absolute Gasteiger partial charge is 0.456 e. The van der Waals surface area contributed by atoms with Crippen molar-refractivity contribution in [2.75, 3.05) is 5.32 Å². The van der Waals surface area contributed by atoms with Crippen LogP contribution in [0.3, 0.4) is 0 Å². The molecule has 0 spiro atoms. The Morgan fingerprint density at radius 2 is 1.78 bits per heavy atom. The van der Waals surface area contributed by atoms with Gasteiger partial charge in [-0.15, -0.1) is 0 Å². The molecule has 2 aromatic carbocycles. The van der Waals surface area contributed by atoms with E-state index in [2.05, 4.69) is 10.3 Å². The minimum absolute atomic E-state index is 0.485. The van der Waals surface area contributed by atoms with Gasteiger partial charge in [0.1, 0.15) is 17.3 Å². The van der Waals surface area contributed by atoms with E-state index in [9.17, 15) is 0 Å². The molecule has 116 valence electrons. The number of anilines is 1. The Balaban J connectivity index is 1.63. The van der Waals surface area contributed by atoms with Gasteiger partial charge in [-0.1, -0.05) is 41.4 Å². The number of nitrogens with zero attached hydrogens (tertiary/aromatic N) is 1. The van der Waals surface area contributed by atoms with E-state index in [1.165, 1.54) is 0 Å². The summed E-state index contributed by atoms with van der Waals surface area (Å²) in [6.45, 7) is 0.693. The van der Waals surface area contributed by atoms with Crippen LogP contribution in [-0.2, 0) is 6.54 Å². The summed E-state index contributed by atoms with van der Waals surface area (Å²) in [4.78, 5) is 4.22. The molecule has 0 radical (unpaired) electrons. The van der Waals surface area contributed by atoms with Crippen molar-refractivity contribution >= 4 is 29.0 Å². The van der Waals surface area contributed by atoms with Gasteiger partial charge in [0, 0.05) is 17.8 Å². The fraction of sp³-hybridized carbons (Fsp3) is 0.0556. The van der Waals surface area contributed by atoms with E-state index >= 15 is 0 Å². The second-order valence-electron chi connectivity index (χ2n) is 4.89. The maximum atomic E-state index is 6.10. The van der Waals surface area contributed by atoms with Gasteiger partial charge in [0.05, 0.1) is 5.02 Å². The number of hydrogen-bond acceptors (Lipinski definition) is 3. The Kier molecular flexibility index (Phi) is 5.01. The van der Waals surface area contributed by atoms with Crippen LogP contribution in [0.25, 0.3) is 0 Å². The zero-order valence-corrected chi connectivity index (χ0v) is 13.7. The zero-order chi connectivity index (χ0) is 16.1. The van der Waals surface area contributed by atoms with Crippen molar-refractivity contribution in [3.63, 3.8) is 0 Å². The lowest BCUT2D eigenvalue weighted by Gasteiger charge is -2.09. The molecule has 0 bridgehead atoms. The number of hydrogen-bond donors (Lipinski definition) is 1. The van der Waals surface area contributed by atoms with Crippen molar-refractivity contribution < 1.29 is 4.74 Å². The summed E-state index contributed by atoms with van der Waals surface area (Å²) in [5.41, 5.74) is 1.13. The lowest BCUT2D eigenvalue weighted by molar-refractivity contribution is 0.483. The van der Waals surface area contributed by atoms with Gasteiger partial charge >= 0.3 is 0 Å². The molecule has 0 fully saturated rings. The molecule has 0 saturated heterocycles. The third kappa shape index (κ3) is 4.38. The molecule has 1 aromatic heterocycles. The van der Waals surface area contributed by atoms with Gasteiger partial charge < -0.3 is 10.1 Å². The standard InChI is InChI=1S/C18H14Cl2N2O/c19-14-6-9-17(16(20)11-14)23-15-7-4-13(5-8-15)12-22-18-3-1-2-10-21-18/h1-11H,12H2,(H,21,22). The predicted molar refractivity (Wildman–Crippen MR) is 94.5 cm³/mol. The van der Waals surface area contributed by atoms with Crippen LogP contribution in [0.5, 0.6) is 11.5 Å². The molecule has 23 heavy (non-hydrogen) atoms. The van der Waals surface area contributed by atoms with Crippen LogP contribution >= 0.6 is 23.2 Å². The summed E-state index contributed by atoms with van der Waals surface area (Å²) < 4.78 is 5.76. The second kappa shape index (κ2) is 7.36. The van der Waals surface area contributed by atoms with Crippen molar-refractivity contribution in [1.29, 1.82) is 0 Å². The summed E-state index contributed by atoms with van der Waals surface area (Å²) in [5.74, 6) is 2.15. The summed E-state index contributed by atoms with van der Waals surface area (Å²) in [5, 5.41) is 4.32. The maximum Gasteiger partial charge on any atom is 0.146 e. The summed E-state index contributed by atoms with van der Waals surface area (Å²) >= 11 is 12.0. The van der Waals surface area contributed by atoms with Crippen LogP contribution in [0.2, 0.25) is 10.0 Å². The molecule has 0 atom stereocenters. The first-order valence-electron chi connectivity index (χ1n) is 7.07. The summed E-state index contributed by atoms with van der Waals surface area (Å²) in [6, 6.07) is 18.7. The number of rotatable bonds is 5. The number of ether oxygens (including phenoxy) is 1. The van der Waals surface area contributed by atoms with Gasteiger partial charge in [0.15, 0.2) is 0 Å². The highest BCUT2D eigenvalue weighted by Crippen LogP contribution is 2.31. The molecular weight excluding hydrogens is 331 g/mol. The quantitative estimate of drug-likeness (QED) is 0.635. The first-order valence-corrected chi connectivity index (χ1v) is 7.83. The molecule has 3 nitrogen and oxygen atoms in total.